The average Bonchev–Trinajstić information content (AvgIpc) is 2.97. The number of nitrogens with zero attached hydrogens (tertiary/aromatic N) is 2. The molecular formula is C16H17F3N2O. The van der Waals surface area contributed by atoms with Gasteiger partial charge in [0.1, 0.15) is 5.75 Å². The van der Waals surface area contributed by atoms with E-state index >= 15 is 0 Å². The Balaban J connectivity index is 1.92. The number of hydrogen-bond acceptors (Lipinski definition) is 2. The van der Waals surface area contributed by atoms with Crippen LogP contribution in [0.4, 0.5) is 13.2 Å². The highest BCUT2D eigenvalue weighted by Gasteiger charge is 2.31. The van der Waals surface area contributed by atoms with Crippen molar-refractivity contribution in [1.29, 1.82) is 0 Å². The number of halogens is 3. The van der Waals surface area contributed by atoms with Crippen LogP contribution in [-0.2, 0) is 6.18 Å². The zero-order valence-corrected chi connectivity index (χ0v) is 12.0. The quantitative estimate of drug-likeness (QED) is 0.867. The second-order valence-corrected chi connectivity index (χ2v) is 5.73. The molecular weight excluding hydrogens is 293 g/mol. The van der Waals surface area contributed by atoms with E-state index in [1.165, 1.54) is 12.6 Å². The van der Waals surface area contributed by atoms with Gasteiger partial charge in [-0.3, -0.25) is 4.68 Å². The van der Waals surface area contributed by atoms with Crippen LogP contribution in [0.25, 0.3) is 11.1 Å². The van der Waals surface area contributed by atoms with Crippen molar-refractivity contribution in [2.75, 3.05) is 0 Å². The second-order valence-electron chi connectivity index (χ2n) is 5.73. The van der Waals surface area contributed by atoms with Gasteiger partial charge in [0.15, 0.2) is 0 Å². The molecule has 0 saturated heterocycles. The van der Waals surface area contributed by atoms with Crippen molar-refractivity contribution in [3.05, 3.63) is 36.2 Å². The van der Waals surface area contributed by atoms with Crippen LogP contribution in [0.5, 0.6) is 5.75 Å². The molecule has 2 aromatic rings. The number of phenols is 1. The van der Waals surface area contributed by atoms with Gasteiger partial charge in [-0.15, -0.1) is 0 Å². The summed E-state index contributed by atoms with van der Waals surface area (Å²) < 4.78 is 40.2. The molecule has 1 aromatic carbocycles. The van der Waals surface area contributed by atoms with Gasteiger partial charge in [-0.1, -0.05) is 19.3 Å². The number of hydrogen-bond donors (Lipinski definition) is 1. The maximum absolute atomic E-state index is 12.8. The van der Waals surface area contributed by atoms with Crippen LogP contribution in [0.15, 0.2) is 30.6 Å². The molecule has 22 heavy (non-hydrogen) atoms. The van der Waals surface area contributed by atoms with E-state index in [0.717, 1.165) is 43.9 Å². The number of phenolic OH excluding ortho intramolecular Hbond substituents is 1. The van der Waals surface area contributed by atoms with Crippen molar-refractivity contribution >= 4 is 0 Å². The lowest BCUT2D eigenvalue weighted by Crippen LogP contribution is -2.12. The highest BCUT2D eigenvalue weighted by atomic mass is 19.4. The van der Waals surface area contributed by atoms with E-state index in [0.29, 0.717) is 11.6 Å². The fraction of sp³-hybridized carbons (Fsp3) is 0.438. The minimum absolute atomic E-state index is 0.164. The summed E-state index contributed by atoms with van der Waals surface area (Å²) in [4.78, 5) is 0. The number of alkyl halides is 3. The van der Waals surface area contributed by atoms with Crippen LogP contribution in [0.3, 0.4) is 0 Å². The summed E-state index contributed by atoms with van der Waals surface area (Å²) in [6.07, 6.45) is 4.41. The Morgan fingerprint density at radius 3 is 2.55 bits per heavy atom. The van der Waals surface area contributed by atoms with E-state index in [9.17, 15) is 18.3 Å². The van der Waals surface area contributed by atoms with E-state index in [1.807, 2.05) is 4.68 Å². The third-order valence-electron chi connectivity index (χ3n) is 4.19. The van der Waals surface area contributed by atoms with E-state index in [4.69, 9.17) is 0 Å². The average molecular weight is 310 g/mol. The molecule has 1 aromatic heterocycles. The van der Waals surface area contributed by atoms with Gasteiger partial charge in [0.05, 0.1) is 17.8 Å². The van der Waals surface area contributed by atoms with Crippen molar-refractivity contribution in [1.82, 2.24) is 9.78 Å². The fourth-order valence-corrected chi connectivity index (χ4v) is 2.97. The van der Waals surface area contributed by atoms with Gasteiger partial charge >= 0.3 is 6.18 Å². The molecule has 0 aliphatic heterocycles. The van der Waals surface area contributed by atoms with Crippen molar-refractivity contribution in [3.63, 3.8) is 0 Å². The van der Waals surface area contributed by atoms with Gasteiger partial charge in [-0.25, -0.2) is 0 Å². The summed E-state index contributed by atoms with van der Waals surface area (Å²) in [7, 11) is 0. The highest BCUT2D eigenvalue weighted by molar-refractivity contribution is 5.69. The SMILES string of the molecule is Oc1ccc(C(F)(F)F)cc1-c1cnn(C2CCCCC2)c1. The van der Waals surface area contributed by atoms with Crippen LogP contribution in [0.1, 0.15) is 43.7 Å². The summed E-state index contributed by atoms with van der Waals surface area (Å²) in [5.41, 5.74) is -0.100. The zero-order chi connectivity index (χ0) is 15.7. The topological polar surface area (TPSA) is 38.1 Å². The summed E-state index contributed by atoms with van der Waals surface area (Å²) >= 11 is 0. The van der Waals surface area contributed by atoms with E-state index in [-0.39, 0.29) is 11.3 Å². The number of aromatic hydroxyl groups is 1. The molecule has 3 nitrogen and oxygen atoms in total. The van der Waals surface area contributed by atoms with E-state index < -0.39 is 11.7 Å². The Bertz CT molecular complexity index is 658. The first-order chi connectivity index (χ1) is 10.4. The summed E-state index contributed by atoms with van der Waals surface area (Å²) in [5, 5.41) is 14.1. The monoisotopic (exact) mass is 310 g/mol. The van der Waals surface area contributed by atoms with Crippen LogP contribution in [-0.4, -0.2) is 14.9 Å². The van der Waals surface area contributed by atoms with Gasteiger partial charge in [-0.2, -0.15) is 18.3 Å². The molecule has 1 fully saturated rings. The minimum atomic E-state index is -4.43. The van der Waals surface area contributed by atoms with Crippen LogP contribution in [0.2, 0.25) is 0 Å². The second kappa shape index (κ2) is 5.66. The minimum Gasteiger partial charge on any atom is -0.507 e. The van der Waals surface area contributed by atoms with Crippen LogP contribution < -0.4 is 0 Å². The van der Waals surface area contributed by atoms with Crippen LogP contribution in [0, 0.1) is 0 Å². The number of benzene rings is 1. The lowest BCUT2D eigenvalue weighted by atomic mass is 9.96. The summed E-state index contributed by atoms with van der Waals surface area (Å²) in [5.74, 6) is -0.170. The smallest absolute Gasteiger partial charge is 0.416 e. The van der Waals surface area contributed by atoms with Crippen LogP contribution >= 0.6 is 0 Å². The molecule has 1 N–H and O–H groups in total. The van der Waals surface area contributed by atoms with Crippen molar-refractivity contribution in [2.45, 2.75) is 44.3 Å². The van der Waals surface area contributed by atoms with Gasteiger partial charge in [0.2, 0.25) is 0 Å². The molecule has 0 spiro atoms. The molecule has 0 radical (unpaired) electrons. The standard InChI is InChI=1S/C16H17F3N2O/c17-16(18,19)12-6-7-15(22)14(8-12)11-9-20-21(10-11)13-4-2-1-3-5-13/h6-10,13,22H,1-5H2. The third-order valence-corrected chi connectivity index (χ3v) is 4.19. The molecule has 0 bridgehead atoms. The highest BCUT2D eigenvalue weighted by Crippen LogP contribution is 2.37. The molecule has 6 heteroatoms. The molecule has 0 unspecified atom stereocenters. The van der Waals surface area contributed by atoms with E-state index in [2.05, 4.69) is 5.10 Å². The molecule has 1 heterocycles. The Hall–Kier alpha value is -1.98. The molecule has 118 valence electrons. The Labute approximate surface area is 126 Å². The largest absolute Gasteiger partial charge is 0.507 e. The molecule has 1 saturated carbocycles. The number of rotatable bonds is 2. The van der Waals surface area contributed by atoms with Gasteiger partial charge < -0.3 is 5.11 Å². The van der Waals surface area contributed by atoms with Gasteiger partial charge in [0.25, 0.3) is 0 Å². The Kier molecular flexibility index (Phi) is 3.85. The first kappa shape index (κ1) is 14.9. The molecule has 1 aliphatic rings. The van der Waals surface area contributed by atoms with Gasteiger partial charge in [0, 0.05) is 17.3 Å². The van der Waals surface area contributed by atoms with Crippen molar-refractivity contribution in [3.8, 4) is 16.9 Å². The molecule has 1 aliphatic carbocycles. The predicted octanol–water partition coefficient (Wildman–Crippen LogP) is 4.78. The molecule has 0 atom stereocenters. The fourth-order valence-electron chi connectivity index (χ4n) is 2.97. The maximum atomic E-state index is 12.8. The first-order valence-electron chi connectivity index (χ1n) is 7.40. The van der Waals surface area contributed by atoms with E-state index in [1.54, 1.807) is 6.20 Å². The molecule has 3 rings (SSSR count). The van der Waals surface area contributed by atoms with Gasteiger partial charge in [-0.05, 0) is 31.0 Å². The third kappa shape index (κ3) is 2.96. The normalized spacial score (nSPS) is 16.9. The van der Waals surface area contributed by atoms with Crippen molar-refractivity contribution in [2.24, 2.45) is 0 Å². The maximum Gasteiger partial charge on any atom is 0.416 e. The Morgan fingerprint density at radius 1 is 1.14 bits per heavy atom. The zero-order valence-electron chi connectivity index (χ0n) is 12.0. The van der Waals surface area contributed by atoms with Crippen molar-refractivity contribution < 1.29 is 18.3 Å². The lowest BCUT2D eigenvalue weighted by molar-refractivity contribution is -0.137. The first-order valence-corrected chi connectivity index (χ1v) is 7.40. The summed E-state index contributed by atoms with van der Waals surface area (Å²) in [6.45, 7) is 0. The predicted molar refractivity (Wildman–Crippen MR) is 76.5 cm³/mol. The summed E-state index contributed by atoms with van der Waals surface area (Å²) in [6, 6.07) is 3.23. The molecule has 0 amide bonds. The lowest BCUT2D eigenvalue weighted by Gasteiger charge is -2.21. The number of aromatic nitrogens is 2. The Morgan fingerprint density at radius 2 is 1.86 bits per heavy atom.